The molecule has 1 amide bonds. The van der Waals surface area contributed by atoms with Gasteiger partial charge >= 0.3 is 83.4 Å². The average Bonchev–Trinajstić information content (AvgIpc) is 1.67. The van der Waals surface area contributed by atoms with Crippen molar-refractivity contribution in [2.45, 2.75) is 149 Å². The van der Waals surface area contributed by atoms with Crippen molar-refractivity contribution in [3.8, 4) is 33.8 Å². The molecule has 34 heteroatoms. The number of fused-ring (bicyclic) bond motifs is 5. The first-order valence-electron chi connectivity index (χ1n) is 40.4. The number of H-pyrrole nitrogens is 1. The number of carboxylic acid groups (broad SMARTS) is 1. The van der Waals surface area contributed by atoms with E-state index >= 15 is 0 Å². The number of hydrogen-bond donors (Lipinski definition) is 6. The van der Waals surface area contributed by atoms with Crippen LogP contribution in [0.2, 0.25) is 0 Å². The first-order valence-corrected chi connectivity index (χ1v) is 51.1. The van der Waals surface area contributed by atoms with Crippen LogP contribution in [0.3, 0.4) is 0 Å². The van der Waals surface area contributed by atoms with E-state index in [1.807, 2.05) is 130 Å². The zero-order chi connectivity index (χ0) is 92.5. The second-order valence-electron chi connectivity index (χ2n) is 31.6. The SMILES string of the molecule is CC(C)CI.COC(=O)c1cc(-c2ccc(C)cn2)c2ncn(CC(C)C)c2c1.COC(=O)c1cc(I)c2nc[nH]c2c1.COC(=O)c1cc(I)c2ncn(CC(C)C)c2c1.C[C@H](N)CO.Cc1cc[c-]nc1.Cc1ccc(-c2cc(C(=O)N[C@@H](C)CO)cc3c2ncn3CC(C)C)nc1.Cc1ccc(-c2cc(C(=O)O)cc3c2ncn3CC(C)C)nc1.[Na+].[OH-].[Zn+][Br]. The van der Waals surface area contributed by atoms with Crippen molar-refractivity contribution >= 4 is 166 Å². The van der Waals surface area contributed by atoms with Crippen molar-refractivity contribution in [2.75, 3.05) is 39.0 Å². The van der Waals surface area contributed by atoms with Crippen LogP contribution in [-0.2, 0) is 56.7 Å². The summed E-state index contributed by atoms with van der Waals surface area (Å²) in [5.74, 6) is 0.607. The van der Waals surface area contributed by atoms with Crippen molar-refractivity contribution in [1.82, 2.24) is 73.4 Å². The summed E-state index contributed by atoms with van der Waals surface area (Å²) in [7, 11) is 4.15. The molecule has 5 aromatic carbocycles. The molecule has 668 valence electrons. The van der Waals surface area contributed by atoms with Crippen molar-refractivity contribution in [1.29, 1.82) is 0 Å². The molecular formula is C93H113BrI3N16NaO12Zn. The number of aliphatic hydroxyl groups excluding tert-OH is 2. The Bertz CT molecular complexity index is 5810. The number of pyridine rings is 4. The number of nitrogens with two attached hydrogens (primary N) is 1. The number of carbonyl (C=O) groups is 5. The molecule has 9 heterocycles. The van der Waals surface area contributed by atoms with Gasteiger partial charge < -0.3 is 74.3 Å². The Morgan fingerprint density at radius 3 is 1.12 bits per heavy atom. The third kappa shape index (κ3) is 33.8. The molecule has 2 atom stereocenters. The Hall–Kier alpha value is -8.47. The number of carboxylic acids is 1. The molecule has 0 radical (unpaired) electrons. The molecule has 0 aliphatic carbocycles. The summed E-state index contributed by atoms with van der Waals surface area (Å²) in [6, 6.07) is 33.0. The van der Waals surface area contributed by atoms with E-state index in [0.29, 0.717) is 45.9 Å². The zero-order valence-corrected chi connectivity index (χ0v) is 88.8. The van der Waals surface area contributed by atoms with Crippen molar-refractivity contribution in [2.24, 2.45) is 35.3 Å². The Kier molecular flexibility index (Phi) is 48.5. The number of benzene rings is 5. The number of aromatic nitrogens is 14. The van der Waals surface area contributed by atoms with Gasteiger partial charge in [-0.2, -0.15) is 12.1 Å². The fourth-order valence-electron chi connectivity index (χ4n) is 11.9. The van der Waals surface area contributed by atoms with Crippen LogP contribution in [0.4, 0.5) is 0 Å². The van der Waals surface area contributed by atoms with Gasteiger partial charge in [-0.15, -0.1) is 5.56 Å². The molecule has 14 rings (SSSR count). The van der Waals surface area contributed by atoms with Gasteiger partial charge in [-0.3, -0.25) is 19.7 Å². The van der Waals surface area contributed by atoms with Gasteiger partial charge in [-0.05, 0) is 205 Å². The van der Waals surface area contributed by atoms with Crippen LogP contribution in [0.15, 0.2) is 166 Å². The van der Waals surface area contributed by atoms with Gasteiger partial charge in [0.05, 0.1) is 150 Å². The number of esters is 3. The van der Waals surface area contributed by atoms with Crippen molar-refractivity contribution in [3.63, 3.8) is 0 Å². The van der Waals surface area contributed by atoms with Crippen LogP contribution in [0.5, 0.6) is 0 Å². The molecular weight excluding hydrogens is 2080 g/mol. The molecule has 8 N–H and O–H groups in total. The molecule has 0 bridgehead atoms. The number of rotatable bonds is 20. The van der Waals surface area contributed by atoms with Crippen LogP contribution in [0, 0.1) is 70.6 Å². The van der Waals surface area contributed by atoms with Gasteiger partial charge in [-0.1, -0.05) is 129 Å². The fourth-order valence-corrected chi connectivity index (χ4v) is 13.5. The Morgan fingerprint density at radius 1 is 0.472 bits per heavy atom. The minimum absolute atomic E-state index is 0. The molecule has 0 saturated heterocycles. The predicted molar refractivity (Wildman–Crippen MR) is 522 cm³/mol. The number of aryl methyl sites for hydroxylation is 4. The predicted octanol–water partition coefficient (Wildman–Crippen LogP) is 16.1. The molecule has 0 spiro atoms. The maximum absolute atomic E-state index is 12.7. The number of imidazole rings is 5. The first-order chi connectivity index (χ1) is 59.5. The quantitative estimate of drug-likeness (QED) is 0.0103. The standard InChI is InChI=1S/C21H26N4O2.C19H21N3O2.C18H19N3O2.C13H15IN2O2.C9H7IN2O2.C6H6N.C4H9I.C3H9NO.BrH.Na.H2O.Zn/c1-13(2)10-25-12-23-20-17(18-6-5-14(3)9-22-18)7-16(8-19(20)25)21(27)24-15(4)11-26;1-12(2)10-22-11-21-18-15(16-6-5-13(3)9-20-16)7-14(8-17(18)22)19(23)24-4;1-11(2)9-21-10-20-17-14(15-5-4-12(3)8-19-15)6-13(18(22)23)7-16(17)21;1-8(2)6-16-7-15-12-10(14)4-9(5-11(12)16)13(17)18-3;1-14-9(13)5-2-6(10)8-7(3-5)11-4-12-8;1-6-3-2-4-7-5-6;1-4(2)3-5;1-3(4)2-5;;;;/h5-9,12-13,15,26H,10-11H2,1-4H3,(H,24,27);5-9,11-12H,10H2,1-4H3;4-8,10-11H,9H2,1-3H3,(H,22,23);4-5,7-8H,6H2,1-3H3;2-4H,1H3,(H,11,12);2-3,5H,1H3;4H,3H2,1-2H3;3,5H,2,4H2,1H3;1H;;1H2;/q;;;;;-1;;;;+1;;+2/p-2/t15-;;;;;;;3-;;;;/m0......0..../s1. The number of halogens is 4. The number of aromatic carboxylic acids is 1. The van der Waals surface area contributed by atoms with Gasteiger partial charge in [-0.25, -0.2) is 44.1 Å². The number of hydrogen-bond acceptors (Lipinski definition) is 21. The Morgan fingerprint density at radius 2 is 0.803 bits per heavy atom. The van der Waals surface area contributed by atoms with Crippen LogP contribution < -0.4 is 40.6 Å². The number of carbonyl (C=O) groups excluding carboxylic acids is 4. The molecule has 0 unspecified atom stereocenters. The van der Waals surface area contributed by atoms with Gasteiger partial charge in [0.25, 0.3) is 5.91 Å². The molecule has 14 aromatic rings. The number of aliphatic hydroxyl groups is 2. The van der Waals surface area contributed by atoms with E-state index in [4.69, 9.17) is 20.3 Å². The maximum atomic E-state index is 12.7. The number of amides is 1. The number of alkyl halides is 1. The van der Waals surface area contributed by atoms with Gasteiger partial charge in [0, 0.05) is 90.7 Å². The topological polar surface area (TPSA) is 393 Å². The van der Waals surface area contributed by atoms with Crippen LogP contribution in [-0.4, -0.2) is 170 Å². The van der Waals surface area contributed by atoms with E-state index in [0.717, 1.165) is 145 Å². The molecule has 0 aliphatic rings. The summed E-state index contributed by atoms with van der Waals surface area (Å²) in [5.41, 5.74) is 25.3. The summed E-state index contributed by atoms with van der Waals surface area (Å²) in [6.07, 6.45) is 18.7. The number of ether oxygens (including phenoxy) is 3. The van der Waals surface area contributed by atoms with Crippen LogP contribution >= 0.6 is 81.4 Å². The van der Waals surface area contributed by atoms with Crippen molar-refractivity contribution < 1.29 is 105 Å². The Labute approximate surface area is 822 Å². The third-order valence-electron chi connectivity index (χ3n) is 17.9. The normalized spacial score (nSPS) is 11.1. The second kappa shape index (κ2) is 55.5. The van der Waals surface area contributed by atoms with Gasteiger partial charge in [0.15, 0.2) is 0 Å². The summed E-state index contributed by atoms with van der Waals surface area (Å²) in [6.45, 7) is 36.4. The van der Waals surface area contributed by atoms with E-state index in [-0.39, 0.29) is 89.7 Å². The van der Waals surface area contributed by atoms with Gasteiger partial charge in [0.1, 0.15) is 11.0 Å². The monoisotopic (exact) mass is 2190 g/mol. The van der Waals surface area contributed by atoms with Crippen LogP contribution in [0.1, 0.15) is 157 Å². The second-order valence-corrected chi connectivity index (χ2v) is 34.8. The fraction of sp³-hybridized carbons (Fsp3) is 0.355. The summed E-state index contributed by atoms with van der Waals surface area (Å²) < 4.78 is 25.7. The summed E-state index contributed by atoms with van der Waals surface area (Å²) in [5, 5.41) is 29.5. The number of aromatic amines is 1. The molecule has 0 saturated carbocycles. The number of nitrogens with one attached hydrogen (secondary N) is 2. The molecule has 0 fully saturated rings. The zero-order valence-electron chi connectivity index (χ0n) is 75.7. The van der Waals surface area contributed by atoms with E-state index in [9.17, 15) is 34.2 Å². The van der Waals surface area contributed by atoms with E-state index in [1.54, 1.807) is 81.4 Å². The molecule has 0 aliphatic heterocycles. The van der Waals surface area contributed by atoms with E-state index in [1.165, 1.54) is 47.7 Å². The molecule has 28 nitrogen and oxygen atoms in total. The number of methoxy groups -OCH3 is 3. The van der Waals surface area contributed by atoms with Gasteiger partial charge in [0.2, 0.25) is 0 Å². The Balaban J connectivity index is 0.000000318. The van der Waals surface area contributed by atoms with Crippen LogP contribution in [0.25, 0.3) is 88.9 Å². The number of nitrogens with zero attached hydrogens (tertiary/aromatic N) is 13. The van der Waals surface area contributed by atoms with E-state index < -0.39 is 5.97 Å². The minimum atomic E-state index is -0.947. The molecule has 9 aromatic heterocycles. The molecule has 127 heavy (non-hydrogen) atoms. The first kappa shape index (κ1) is 111. The van der Waals surface area contributed by atoms with E-state index in [2.05, 4.69) is 230 Å². The summed E-state index contributed by atoms with van der Waals surface area (Å²) in [4.78, 5) is 101. The van der Waals surface area contributed by atoms with Crippen molar-refractivity contribution in [3.05, 3.63) is 229 Å². The summed E-state index contributed by atoms with van der Waals surface area (Å²) >= 11 is 11.0. The average molecular weight is 2200 g/mol. The third-order valence-corrected chi connectivity index (χ3v) is 21.3.